The van der Waals surface area contributed by atoms with E-state index in [1.807, 2.05) is 11.0 Å². The molecule has 1 amide bonds. The largest absolute Gasteiger partial charge is 0.478 e. The number of carboxylic acid groups (broad SMARTS) is 1. The zero-order valence-electron chi connectivity index (χ0n) is 14.7. The molecule has 6 nitrogen and oxygen atoms in total. The van der Waals surface area contributed by atoms with Crippen molar-refractivity contribution < 1.29 is 19.4 Å². The van der Waals surface area contributed by atoms with Gasteiger partial charge in [0.1, 0.15) is 0 Å². The number of likely N-dealkylation sites (tertiary alicyclic amines) is 2. The third kappa shape index (κ3) is 4.38. The van der Waals surface area contributed by atoms with Gasteiger partial charge in [0.05, 0.1) is 18.1 Å². The fraction of sp³-hybridized carbons (Fsp3) is 0.579. The Hall–Kier alpha value is -1.92. The summed E-state index contributed by atoms with van der Waals surface area (Å²) in [7, 11) is 1.70. The molecule has 0 spiro atoms. The predicted molar refractivity (Wildman–Crippen MR) is 93.7 cm³/mol. The van der Waals surface area contributed by atoms with Gasteiger partial charge in [-0.2, -0.15) is 0 Å². The standard InChI is InChI=1S/C19H26N2O4/c1-25-17-11-16(12-20-7-2-3-8-20)21(13-17)18(22)10-14-5-4-6-15(9-14)19(23)24/h4-6,9,16-17H,2-3,7-8,10-13H2,1H3,(H,23,24)/t16-,17-/m1/s1. The van der Waals surface area contributed by atoms with Gasteiger partial charge >= 0.3 is 5.97 Å². The average molecular weight is 346 g/mol. The molecule has 2 heterocycles. The highest BCUT2D eigenvalue weighted by Gasteiger charge is 2.36. The number of benzene rings is 1. The van der Waals surface area contributed by atoms with Gasteiger partial charge in [-0.1, -0.05) is 12.1 Å². The first kappa shape index (κ1) is 17.9. The fourth-order valence-corrected chi connectivity index (χ4v) is 3.88. The first-order valence-corrected chi connectivity index (χ1v) is 8.93. The van der Waals surface area contributed by atoms with Crippen LogP contribution in [0.25, 0.3) is 0 Å². The molecule has 0 aliphatic carbocycles. The Balaban J connectivity index is 1.67. The number of amides is 1. The van der Waals surface area contributed by atoms with Gasteiger partial charge < -0.3 is 19.6 Å². The second-order valence-corrected chi connectivity index (χ2v) is 6.98. The molecule has 2 aliphatic rings. The number of aromatic carboxylic acids is 1. The molecule has 6 heteroatoms. The number of carbonyl (C=O) groups is 2. The smallest absolute Gasteiger partial charge is 0.335 e. The lowest BCUT2D eigenvalue weighted by atomic mass is 10.1. The van der Waals surface area contributed by atoms with Crippen molar-refractivity contribution in [3.05, 3.63) is 35.4 Å². The Morgan fingerprint density at radius 1 is 1.28 bits per heavy atom. The van der Waals surface area contributed by atoms with Gasteiger partial charge in [-0.15, -0.1) is 0 Å². The second-order valence-electron chi connectivity index (χ2n) is 6.98. The van der Waals surface area contributed by atoms with Crippen molar-refractivity contribution in [2.24, 2.45) is 0 Å². The Morgan fingerprint density at radius 3 is 2.72 bits per heavy atom. The quantitative estimate of drug-likeness (QED) is 0.848. The number of rotatable bonds is 6. The number of carboxylic acids is 1. The van der Waals surface area contributed by atoms with Gasteiger partial charge in [0.2, 0.25) is 5.91 Å². The van der Waals surface area contributed by atoms with Crippen molar-refractivity contribution in [1.29, 1.82) is 0 Å². The summed E-state index contributed by atoms with van der Waals surface area (Å²) in [4.78, 5) is 28.3. The molecule has 2 atom stereocenters. The van der Waals surface area contributed by atoms with Crippen LogP contribution in [-0.4, -0.2) is 72.2 Å². The molecular weight excluding hydrogens is 320 g/mol. The maximum atomic E-state index is 12.8. The van der Waals surface area contributed by atoms with Crippen LogP contribution in [0.3, 0.4) is 0 Å². The van der Waals surface area contributed by atoms with Crippen molar-refractivity contribution in [3.8, 4) is 0 Å². The highest BCUT2D eigenvalue weighted by atomic mass is 16.5. The van der Waals surface area contributed by atoms with E-state index >= 15 is 0 Å². The molecule has 1 aromatic carbocycles. The van der Waals surface area contributed by atoms with Gasteiger partial charge in [-0.3, -0.25) is 4.79 Å². The minimum atomic E-state index is -0.971. The highest BCUT2D eigenvalue weighted by molar-refractivity contribution is 5.88. The van der Waals surface area contributed by atoms with Gasteiger partial charge in [-0.25, -0.2) is 4.79 Å². The van der Waals surface area contributed by atoms with Crippen LogP contribution in [0, 0.1) is 0 Å². The monoisotopic (exact) mass is 346 g/mol. The van der Waals surface area contributed by atoms with Gasteiger partial charge in [-0.05, 0) is 50.0 Å². The van der Waals surface area contributed by atoms with Crippen LogP contribution in [0.1, 0.15) is 35.2 Å². The summed E-state index contributed by atoms with van der Waals surface area (Å²) in [6, 6.07) is 6.81. The van der Waals surface area contributed by atoms with Crippen LogP contribution in [0.15, 0.2) is 24.3 Å². The van der Waals surface area contributed by atoms with E-state index in [0.717, 1.165) is 31.6 Å². The van der Waals surface area contributed by atoms with Crippen LogP contribution in [0.4, 0.5) is 0 Å². The number of nitrogens with zero attached hydrogens (tertiary/aromatic N) is 2. The Kier molecular flexibility index (Phi) is 5.71. The average Bonchev–Trinajstić information content (AvgIpc) is 3.25. The first-order chi connectivity index (χ1) is 12.1. The molecule has 1 N–H and O–H groups in total. The number of carbonyl (C=O) groups excluding carboxylic acids is 1. The molecule has 0 aromatic heterocycles. The molecule has 1 aromatic rings. The summed E-state index contributed by atoms with van der Waals surface area (Å²) >= 11 is 0. The lowest BCUT2D eigenvalue weighted by Crippen LogP contribution is -2.43. The van der Waals surface area contributed by atoms with E-state index in [4.69, 9.17) is 9.84 Å². The van der Waals surface area contributed by atoms with Gasteiger partial charge in [0.15, 0.2) is 0 Å². The summed E-state index contributed by atoms with van der Waals surface area (Å²) in [5.41, 5.74) is 0.959. The van der Waals surface area contributed by atoms with E-state index in [1.54, 1.807) is 25.3 Å². The van der Waals surface area contributed by atoms with E-state index in [0.29, 0.717) is 6.54 Å². The number of hydrogen-bond donors (Lipinski definition) is 1. The van der Waals surface area contributed by atoms with Crippen molar-refractivity contribution in [3.63, 3.8) is 0 Å². The van der Waals surface area contributed by atoms with E-state index in [2.05, 4.69) is 4.90 Å². The summed E-state index contributed by atoms with van der Waals surface area (Å²) in [5, 5.41) is 9.11. The number of ether oxygens (including phenoxy) is 1. The molecule has 0 radical (unpaired) electrons. The summed E-state index contributed by atoms with van der Waals surface area (Å²) < 4.78 is 5.50. The molecule has 0 bridgehead atoms. The van der Waals surface area contributed by atoms with E-state index in [1.165, 1.54) is 12.8 Å². The normalized spacial score (nSPS) is 24.0. The molecule has 0 saturated carbocycles. The lowest BCUT2D eigenvalue weighted by Gasteiger charge is -2.28. The van der Waals surface area contributed by atoms with Crippen LogP contribution in [0.2, 0.25) is 0 Å². The summed E-state index contributed by atoms with van der Waals surface area (Å²) in [6.45, 7) is 3.74. The molecule has 136 valence electrons. The molecule has 25 heavy (non-hydrogen) atoms. The van der Waals surface area contributed by atoms with E-state index in [9.17, 15) is 9.59 Å². The fourth-order valence-electron chi connectivity index (χ4n) is 3.88. The van der Waals surface area contributed by atoms with Crippen molar-refractivity contribution in [1.82, 2.24) is 9.80 Å². The summed E-state index contributed by atoms with van der Waals surface area (Å²) in [5.74, 6) is -0.923. The second kappa shape index (κ2) is 7.97. The Morgan fingerprint density at radius 2 is 2.04 bits per heavy atom. The zero-order chi connectivity index (χ0) is 17.8. The highest BCUT2D eigenvalue weighted by Crippen LogP contribution is 2.23. The minimum absolute atomic E-state index is 0.0475. The molecule has 2 aliphatic heterocycles. The summed E-state index contributed by atoms with van der Waals surface area (Å²) in [6.07, 6.45) is 3.65. The molecular formula is C19H26N2O4. The first-order valence-electron chi connectivity index (χ1n) is 8.93. The van der Waals surface area contributed by atoms with Crippen LogP contribution in [-0.2, 0) is 16.0 Å². The third-order valence-corrected chi connectivity index (χ3v) is 5.23. The maximum Gasteiger partial charge on any atom is 0.335 e. The molecule has 2 saturated heterocycles. The molecule has 3 rings (SSSR count). The Labute approximate surface area is 148 Å². The predicted octanol–water partition coefficient (Wildman–Crippen LogP) is 1.64. The lowest BCUT2D eigenvalue weighted by molar-refractivity contribution is -0.131. The molecule has 0 unspecified atom stereocenters. The van der Waals surface area contributed by atoms with E-state index < -0.39 is 5.97 Å². The molecule has 2 fully saturated rings. The minimum Gasteiger partial charge on any atom is -0.478 e. The van der Waals surface area contributed by atoms with Crippen LogP contribution in [0.5, 0.6) is 0 Å². The number of methoxy groups -OCH3 is 1. The zero-order valence-corrected chi connectivity index (χ0v) is 14.7. The van der Waals surface area contributed by atoms with Crippen LogP contribution < -0.4 is 0 Å². The van der Waals surface area contributed by atoms with Gasteiger partial charge in [0, 0.05) is 26.2 Å². The van der Waals surface area contributed by atoms with Crippen molar-refractivity contribution in [2.75, 3.05) is 33.3 Å². The maximum absolute atomic E-state index is 12.8. The van der Waals surface area contributed by atoms with E-state index in [-0.39, 0.29) is 30.0 Å². The van der Waals surface area contributed by atoms with Crippen molar-refractivity contribution in [2.45, 2.75) is 37.8 Å². The Bertz CT molecular complexity index is 628. The number of hydrogen-bond acceptors (Lipinski definition) is 4. The van der Waals surface area contributed by atoms with Crippen molar-refractivity contribution >= 4 is 11.9 Å². The third-order valence-electron chi connectivity index (χ3n) is 5.23. The topological polar surface area (TPSA) is 70.1 Å². The van der Waals surface area contributed by atoms with Crippen LogP contribution >= 0.6 is 0 Å². The van der Waals surface area contributed by atoms with Gasteiger partial charge in [0.25, 0.3) is 0 Å². The SMILES string of the molecule is CO[C@@H]1C[C@H](CN2CCCC2)N(C(=O)Cc2cccc(C(=O)O)c2)C1.